The van der Waals surface area contributed by atoms with Gasteiger partial charge in [-0.15, -0.1) is 0 Å². The van der Waals surface area contributed by atoms with Gasteiger partial charge in [0.05, 0.1) is 24.3 Å². The van der Waals surface area contributed by atoms with Crippen LogP contribution >= 0.6 is 0 Å². The molecular weight excluding hydrogens is 323 g/mol. The molecule has 2 atom stereocenters. The molecule has 0 bridgehead atoms. The van der Waals surface area contributed by atoms with E-state index in [1.54, 1.807) is 17.0 Å². The fourth-order valence-electron chi connectivity index (χ4n) is 3.48. The summed E-state index contributed by atoms with van der Waals surface area (Å²) in [5.74, 6) is 0.353. The normalized spacial score (nSPS) is 20.2. The van der Waals surface area contributed by atoms with Crippen molar-refractivity contribution in [3.8, 4) is 0 Å². The average molecular weight is 346 g/mol. The van der Waals surface area contributed by atoms with Crippen molar-refractivity contribution in [3.05, 3.63) is 52.7 Å². The molecule has 2 heterocycles. The predicted octanol–water partition coefficient (Wildman–Crippen LogP) is 2.82. The lowest BCUT2D eigenvalue weighted by molar-refractivity contribution is -0.131. The lowest BCUT2D eigenvalue weighted by atomic mass is 10.0. The van der Waals surface area contributed by atoms with Crippen LogP contribution in [0.4, 0.5) is 4.39 Å². The summed E-state index contributed by atoms with van der Waals surface area (Å²) in [6.07, 6.45) is 1.48. The molecule has 1 amide bonds. The predicted molar refractivity (Wildman–Crippen MR) is 90.4 cm³/mol. The first-order valence-electron chi connectivity index (χ1n) is 8.72. The molecule has 0 aliphatic carbocycles. The molecule has 134 valence electrons. The number of β-amino-alcohol motifs (C(OH)–C–C–N with tert-alkyl or cyclic N) is 1. The number of aliphatic hydroxyl groups excluding tert-OH is 1. The highest BCUT2D eigenvalue weighted by Gasteiger charge is 2.35. The van der Waals surface area contributed by atoms with Crippen LogP contribution in [0, 0.1) is 5.82 Å². The minimum Gasteiger partial charge on any atom is -0.391 e. The number of likely N-dealkylation sites (tertiary alicyclic amines) is 1. The first kappa shape index (κ1) is 17.6. The fourth-order valence-corrected chi connectivity index (χ4v) is 3.48. The number of halogens is 1. The minimum absolute atomic E-state index is 0.0709. The summed E-state index contributed by atoms with van der Waals surface area (Å²) in [7, 11) is 0. The zero-order chi connectivity index (χ0) is 18.0. The van der Waals surface area contributed by atoms with Gasteiger partial charge in [-0.25, -0.2) is 4.39 Å². The van der Waals surface area contributed by atoms with Gasteiger partial charge in [-0.1, -0.05) is 31.1 Å². The Kier molecular flexibility index (Phi) is 5.18. The van der Waals surface area contributed by atoms with Crippen molar-refractivity contribution in [2.45, 2.75) is 51.7 Å². The van der Waals surface area contributed by atoms with Crippen LogP contribution < -0.4 is 0 Å². The van der Waals surface area contributed by atoms with Gasteiger partial charge in [0.2, 0.25) is 5.91 Å². The Morgan fingerprint density at radius 1 is 1.32 bits per heavy atom. The molecule has 0 unspecified atom stereocenters. The van der Waals surface area contributed by atoms with E-state index in [-0.39, 0.29) is 30.7 Å². The van der Waals surface area contributed by atoms with Gasteiger partial charge in [0.15, 0.2) is 0 Å². The second-order valence-corrected chi connectivity index (χ2v) is 6.42. The molecule has 0 saturated carbocycles. The van der Waals surface area contributed by atoms with E-state index in [9.17, 15) is 14.3 Å². The molecule has 1 saturated heterocycles. The van der Waals surface area contributed by atoms with Crippen molar-refractivity contribution < 1.29 is 18.8 Å². The topological polar surface area (TPSA) is 66.6 Å². The molecule has 1 N–H and O–H groups in total. The maximum atomic E-state index is 13.2. The molecule has 0 spiro atoms. The van der Waals surface area contributed by atoms with E-state index in [4.69, 9.17) is 4.52 Å². The van der Waals surface area contributed by atoms with E-state index in [1.165, 1.54) is 12.1 Å². The summed E-state index contributed by atoms with van der Waals surface area (Å²) in [6.45, 7) is 4.23. The highest BCUT2D eigenvalue weighted by molar-refractivity contribution is 5.80. The zero-order valence-corrected chi connectivity index (χ0v) is 14.5. The SMILES string of the molecule is CCc1noc(CC)c1CC(=O)N1C[C@@H](O)C[C@@H]1c1ccc(F)cc1. The maximum Gasteiger partial charge on any atom is 0.227 e. The van der Waals surface area contributed by atoms with Gasteiger partial charge in [-0.3, -0.25) is 4.79 Å². The number of hydrogen-bond acceptors (Lipinski definition) is 4. The molecule has 1 aromatic heterocycles. The van der Waals surface area contributed by atoms with E-state index in [0.29, 0.717) is 19.3 Å². The second-order valence-electron chi connectivity index (χ2n) is 6.42. The van der Waals surface area contributed by atoms with Crippen molar-refractivity contribution in [1.29, 1.82) is 0 Å². The van der Waals surface area contributed by atoms with Gasteiger partial charge in [0.25, 0.3) is 0 Å². The molecular formula is C19H23FN2O3. The lowest BCUT2D eigenvalue weighted by Gasteiger charge is -2.25. The number of aryl methyl sites for hydroxylation is 2. The third-order valence-electron chi connectivity index (χ3n) is 4.79. The average Bonchev–Trinajstić information content (AvgIpc) is 3.18. The number of hydrogen-bond donors (Lipinski definition) is 1. The van der Waals surface area contributed by atoms with Crippen LogP contribution in [-0.4, -0.2) is 33.7 Å². The van der Waals surface area contributed by atoms with E-state index < -0.39 is 6.10 Å². The second kappa shape index (κ2) is 7.35. The number of amides is 1. The largest absolute Gasteiger partial charge is 0.391 e. The van der Waals surface area contributed by atoms with Crippen LogP contribution in [0.1, 0.15) is 48.9 Å². The fraction of sp³-hybridized carbons (Fsp3) is 0.474. The summed E-state index contributed by atoms with van der Waals surface area (Å²) in [5, 5.41) is 14.1. The van der Waals surface area contributed by atoms with Crippen LogP contribution in [-0.2, 0) is 24.1 Å². The molecule has 25 heavy (non-hydrogen) atoms. The molecule has 3 rings (SSSR count). The number of rotatable bonds is 5. The Morgan fingerprint density at radius 3 is 2.68 bits per heavy atom. The van der Waals surface area contributed by atoms with E-state index in [2.05, 4.69) is 5.16 Å². The van der Waals surface area contributed by atoms with Gasteiger partial charge in [-0.2, -0.15) is 0 Å². The summed E-state index contributed by atoms with van der Waals surface area (Å²) in [5.41, 5.74) is 2.50. The Bertz CT molecular complexity index is 720. The van der Waals surface area contributed by atoms with Crippen molar-refractivity contribution in [2.24, 2.45) is 0 Å². The molecule has 1 aliphatic rings. The van der Waals surface area contributed by atoms with Crippen molar-refractivity contribution in [3.63, 3.8) is 0 Å². The van der Waals surface area contributed by atoms with E-state index in [1.807, 2.05) is 13.8 Å². The van der Waals surface area contributed by atoms with Crippen molar-refractivity contribution in [1.82, 2.24) is 10.1 Å². The number of nitrogens with zero attached hydrogens (tertiary/aromatic N) is 2. The van der Waals surface area contributed by atoms with Crippen LogP contribution in [0.2, 0.25) is 0 Å². The molecule has 2 aromatic rings. The van der Waals surface area contributed by atoms with Crippen LogP contribution in [0.15, 0.2) is 28.8 Å². The monoisotopic (exact) mass is 346 g/mol. The number of aromatic nitrogens is 1. The molecule has 0 radical (unpaired) electrons. The Balaban J connectivity index is 1.82. The van der Waals surface area contributed by atoms with E-state index in [0.717, 1.165) is 22.6 Å². The molecule has 1 aromatic carbocycles. The summed E-state index contributed by atoms with van der Waals surface area (Å²) >= 11 is 0. The lowest BCUT2D eigenvalue weighted by Crippen LogP contribution is -2.33. The molecule has 6 heteroatoms. The van der Waals surface area contributed by atoms with Crippen molar-refractivity contribution in [2.75, 3.05) is 6.54 Å². The Labute approximate surface area is 146 Å². The number of carbonyl (C=O) groups is 1. The highest BCUT2D eigenvalue weighted by atomic mass is 19.1. The van der Waals surface area contributed by atoms with E-state index >= 15 is 0 Å². The standard InChI is InChI=1S/C19H23FN2O3/c1-3-16-15(18(4-2)25-21-16)10-19(24)22-11-14(23)9-17(22)12-5-7-13(20)8-6-12/h5-8,14,17,23H,3-4,9-11H2,1-2H3/t14-,17+/m0/s1. The third-order valence-corrected chi connectivity index (χ3v) is 4.79. The number of aliphatic hydroxyl groups is 1. The zero-order valence-electron chi connectivity index (χ0n) is 14.5. The third kappa shape index (κ3) is 3.58. The van der Waals surface area contributed by atoms with Crippen LogP contribution in [0.5, 0.6) is 0 Å². The summed E-state index contributed by atoms with van der Waals surface area (Å²) in [4.78, 5) is 14.6. The molecule has 1 fully saturated rings. The maximum absolute atomic E-state index is 13.2. The molecule has 1 aliphatic heterocycles. The summed E-state index contributed by atoms with van der Waals surface area (Å²) < 4.78 is 18.5. The summed E-state index contributed by atoms with van der Waals surface area (Å²) in [6, 6.07) is 5.87. The highest BCUT2D eigenvalue weighted by Crippen LogP contribution is 2.33. The van der Waals surface area contributed by atoms with Crippen LogP contribution in [0.3, 0.4) is 0 Å². The Morgan fingerprint density at radius 2 is 2.04 bits per heavy atom. The smallest absolute Gasteiger partial charge is 0.227 e. The Hall–Kier alpha value is -2.21. The number of carbonyl (C=O) groups excluding carboxylic acids is 1. The minimum atomic E-state index is -0.572. The first-order chi connectivity index (χ1) is 12.0. The van der Waals surface area contributed by atoms with Gasteiger partial charge in [0, 0.05) is 18.5 Å². The van der Waals surface area contributed by atoms with Gasteiger partial charge in [-0.05, 0) is 30.5 Å². The van der Waals surface area contributed by atoms with Crippen LogP contribution in [0.25, 0.3) is 0 Å². The molecule has 5 nitrogen and oxygen atoms in total. The van der Waals surface area contributed by atoms with Gasteiger partial charge < -0.3 is 14.5 Å². The quantitative estimate of drug-likeness (QED) is 0.904. The van der Waals surface area contributed by atoms with Crippen molar-refractivity contribution >= 4 is 5.91 Å². The number of benzene rings is 1. The van der Waals surface area contributed by atoms with Gasteiger partial charge in [0.1, 0.15) is 11.6 Å². The van der Waals surface area contributed by atoms with Gasteiger partial charge >= 0.3 is 0 Å². The first-order valence-corrected chi connectivity index (χ1v) is 8.72.